The minimum absolute atomic E-state index is 0.192. The Morgan fingerprint density at radius 2 is 1.95 bits per heavy atom. The Hall–Kier alpha value is -3.39. The highest BCUT2D eigenvalue weighted by Gasteiger charge is 2.31. The quantitative estimate of drug-likeness (QED) is 0.277. The number of hydrogen-bond acceptors (Lipinski definition) is 9. The van der Waals surface area contributed by atoms with Crippen LogP contribution in [0.4, 0.5) is 5.82 Å². The van der Waals surface area contributed by atoms with Gasteiger partial charge in [-0.05, 0) is 49.7 Å². The SMILES string of the molecule is CCN(CC)C(C)CNC(=O)c1cc(-c2cnn3ccc(-c4cccs4)nc23)nc(N2CC(NS(C)(=O)=O)C2)c1. The molecule has 1 fully saturated rings. The third-order valence-electron chi connectivity index (χ3n) is 7.07. The number of sulfonamides is 1. The third kappa shape index (κ3) is 6.17. The summed E-state index contributed by atoms with van der Waals surface area (Å²) in [6.07, 6.45) is 4.73. The van der Waals surface area contributed by atoms with Gasteiger partial charge in [-0.1, -0.05) is 19.9 Å². The van der Waals surface area contributed by atoms with E-state index in [0.717, 1.165) is 29.9 Å². The fraction of sp³-hybridized carbons (Fsp3) is 0.407. The number of pyridine rings is 1. The van der Waals surface area contributed by atoms with Gasteiger partial charge < -0.3 is 10.2 Å². The normalized spacial score (nSPS) is 15.0. The van der Waals surface area contributed by atoms with E-state index < -0.39 is 10.0 Å². The van der Waals surface area contributed by atoms with Crippen molar-refractivity contribution < 1.29 is 13.2 Å². The number of aromatic nitrogens is 4. The first-order valence-electron chi connectivity index (χ1n) is 13.3. The summed E-state index contributed by atoms with van der Waals surface area (Å²) >= 11 is 1.61. The van der Waals surface area contributed by atoms with Crippen molar-refractivity contribution in [2.75, 3.05) is 43.9 Å². The molecule has 5 heterocycles. The molecule has 0 aliphatic carbocycles. The number of carbonyl (C=O) groups excluding carboxylic acids is 1. The van der Waals surface area contributed by atoms with Gasteiger partial charge in [-0.2, -0.15) is 5.10 Å². The zero-order chi connectivity index (χ0) is 28.4. The van der Waals surface area contributed by atoms with E-state index in [2.05, 4.69) is 40.8 Å². The first kappa shape index (κ1) is 28.1. The van der Waals surface area contributed by atoms with Crippen LogP contribution in [0.1, 0.15) is 31.1 Å². The van der Waals surface area contributed by atoms with Crippen molar-refractivity contribution in [3.8, 4) is 21.8 Å². The molecular weight excluding hydrogens is 548 g/mol. The number of hydrogen-bond donors (Lipinski definition) is 2. The van der Waals surface area contributed by atoms with Crippen LogP contribution >= 0.6 is 11.3 Å². The van der Waals surface area contributed by atoms with Crippen LogP contribution < -0.4 is 14.9 Å². The number of rotatable bonds is 11. The maximum absolute atomic E-state index is 13.4. The smallest absolute Gasteiger partial charge is 0.251 e. The minimum atomic E-state index is -3.31. The lowest BCUT2D eigenvalue weighted by Gasteiger charge is -2.40. The molecule has 5 rings (SSSR count). The molecule has 0 aromatic carbocycles. The molecule has 2 N–H and O–H groups in total. The molecule has 1 atom stereocenters. The summed E-state index contributed by atoms with van der Waals surface area (Å²) in [6.45, 7) is 9.56. The van der Waals surface area contributed by atoms with E-state index >= 15 is 0 Å². The molecule has 0 radical (unpaired) electrons. The van der Waals surface area contributed by atoms with E-state index in [1.807, 2.05) is 34.7 Å². The number of thiophene rings is 1. The highest BCUT2D eigenvalue weighted by molar-refractivity contribution is 7.88. The number of amides is 1. The Labute approximate surface area is 238 Å². The van der Waals surface area contributed by atoms with Crippen molar-refractivity contribution in [2.24, 2.45) is 0 Å². The van der Waals surface area contributed by atoms with Gasteiger partial charge in [-0.25, -0.2) is 27.6 Å². The molecule has 0 bridgehead atoms. The van der Waals surface area contributed by atoms with E-state index in [1.54, 1.807) is 34.2 Å². The van der Waals surface area contributed by atoms with Crippen LogP contribution in [0.5, 0.6) is 0 Å². The lowest BCUT2D eigenvalue weighted by Crippen LogP contribution is -2.59. The summed E-state index contributed by atoms with van der Waals surface area (Å²) in [6, 6.07) is 9.43. The van der Waals surface area contributed by atoms with Gasteiger partial charge in [0.15, 0.2) is 5.65 Å². The predicted molar refractivity (Wildman–Crippen MR) is 158 cm³/mol. The molecule has 212 valence electrons. The first-order valence-corrected chi connectivity index (χ1v) is 16.1. The second kappa shape index (κ2) is 11.6. The Kier molecular flexibility index (Phi) is 8.17. The number of fused-ring (bicyclic) bond motifs is 1. The lowest BCUT2D eigenvalue weighted by molar-refractivity contribution is 0.0938. The van der Waals surface area contributed by atoms with Crippen molar-refractivity contribution >= 4 is 38.7 Å². The fourth-order valence-electron chi connectivity index (χ4n) is 4.92. The topological polar surface area (TPSA) is 125 Å². The van der Waals surface area contributed by atoms with E-state index in [0.29, 0.717) is 47.9 Å². The molecule has 1 aliphatic heterocycles. The number of likely N-dealkylation sites (N-methyl/N-ethyl adjacent to an activating group) is 1. The van der Waals surface area contributed by atoms with Crippen LogP contribution in [0.3, 0.4) is 0 Å². The lowest BCUT2D eigenvalue weighted by atomic mass is 10.1. The highest BCUT2D eigenvalue weighted by Crippen LogP contribution is 2.30. The maximum Gasteiger partial charge on any atom is 0.251 e. The van der Waals surface area contributed by atoms with Gasteiger partial charge in [0.2, 0.25) is 10.0 Å². The zero-order valence-corrected chi connectivity index (χ0v) is 24.7. The summed E-state index contributed by atoms with van der Waals surface area (Å²) in [4.78, 5) is 28.4. The molecule has 40 heavy (non-hydrogen) atoms. The van der Waals surface area contributed by atoms with Gasteiger partial charge >= 0.3 is 0 Å². The fourth-order valence-corrected chi connectivity index (χ4v) is 6.37. The predicted octanol–water partition coefficient (Wildman–Crippen LogP) is 2.72. The molecule has 11 nitrogen and oxygen atoms in total. The largest absolute Gasteiger partial charge is 0.353 e. The molecule has 1 saturated heterocycles. The second-order valence-corrected chi connectivity index (χ2v) is 12.7. The van der Waals surface area contributed by atoms with Crippen LogP contribution in [0.2, 0.25) is 0 Å². The van der Waals surface area contributed by atoms with E-state index in [4.69, 9.17) is 9.97 Å². The molecule has 1 amide bonds. The Morgan fingerprint density at radius 3 is 2.62 bits per heavy atom. The zero-order valence-electron chi connectivity index (χ0n) is 23.0. The van der Waals surface area contributed by atoms with E-state index in [9.17, 15) is 13.2 Å². The van der Waals surface area contributed by atoms with Crippen LogP contribution in [0.15, 0.2) is 48.1 Å². The van der Waals surface area contributed by atoms with Crippen molar-refractivity contribution in [3.05, 3.63) is 53.7 Å². The summed E-state index contributed by atoms with van der Waals surface area (Å²) in [7, 11) is -3.31. The molecule has 1 aliphatic rings. The average molecular weight is 583 g/mol. The standard InChI is InChI=1S/C27H34N8O3S2/c1-5-33(6-2)18(3)14-28-27(36)19-12-23(30-25(13-19)34-16-20(17-34)32-40(4,37)38)21-15-29-35-10-9-22(31-26(21)35)24-8-7-11-39-24/h7-13,15,18,20,32H,5-6,14,16-17H2,1-4H3,(H,28,36). The first-order chi connectivity index (χ1) is 19.1. The van der Waals surface area contributed by atoms with Gasteiger partial charge in [0.05, 0.1) is 40.3 Å². The van der Waals surface area contributed by atoms with E-state index in [1.165, 1.54) is 0 Å². The monoisotopic (exact) mass is 582 g/mol. The summed E-state index contributed by atoms with van der Waals surface area (Å²) in [5, 5.41) is 9.55. The van der Waals surface area contributed by atoms with Crippen LogP contribution in [-0.4, -0.2) is 89.9 Å². The highest BCUT2D eigenvalue weighted by atomic mass is 32.2. The molecule has 0 spiro atoms. The van der Waals surface area contributed by atoms with Crippen molar-refractivity contribution in [1.82, 2.24) is 34.5 Å². The van der Waals surface area contributed by atoms with Gasteiger partial charge in [-0.3, -0.25) is 9.69 Å². The van der Waals surface area contributed by atoms with Crippen LogP contribution in [0, 0.1) is 0 Å². The number of anilines is 1. The van der Waals surface area contributed by atoms with Crippen LogP contribution in [-0.2, 0) is 10.0 Å². The number of carbonyl (C=O) groups is 1. The minimum Gasteiger partial charge on any atom is -0.353 e. The van der Waals surface area contributed by atoms with Gasteiger partial charge in [0.1, 0.15) is 5.82 Å². The van der Waals surface area contributed by atoms with Crippen molar-refractivity contribution in [3.63, 3.8) is 0 Å². The Morgan fingerprint density at radius 1 is 1.18 bits per heavy atom. The van der Waals surface area contributed by atoms with Crippen molar-refractivity contribution in [2.45, 2.75) is 32.9 Å². The van der Waals surface area contributed by atoms with Crippen molar-refractivity contribution in [1.29, 1.82) is 0 Å². The molecule has 4 aromatic rings. The Balaban J connectivity index is 1.48. The summed E-state index contributed by atoms with van der Waals surface area (Å²) < 4.78 is 27.7. The Bertz CT molecular complexity index is 1590. The van der Waals surface area contributed by atoms with E-state index in [-0.39, 0.29) is 18.0 Å². The molecular formula is C27H34N8O3S2. The molecule has 4 aromatic heterocycles. The maximum atomic E-state index is 13.4. The van der Waals surface area contributed by atoms with Crippen LogP contribution in [0.25, 0.3) is 27.5 Å². The summed E-state index contributed by atoms with van der Waals surface area (Å²) in [5.41, 5.74) is 3.22. The van der Waals surface area contributed by atoms with Gasteiger partial charge in [0, 0.05) is 37.4 Å². The number of nitrogens with zero attached hydrogens (tertiary/aromatic N) is 6. The average Bonchev–Trinajstić information content (AvgIpc) is 3.59. The molecule has 1 unspecified atom stereocenters. The van der Waals surface area contributed by atoms with Gasteiger partial charge in [0.25, 0.3) is 5.91 Å². The molecule has 13 heteroatoms. The second-order valence-electron chi connectivity index (χ2n) is 9.99. The number of nitrogens with one attached hydrogen (secondary N) is 2. The molecule has 0 saturated carbocycles. The summed E-state index contributed by atoms with van der Waals surface area (Å²) in [5.74, 6) is 0.402. The van der Waals surface area contributed by atoms with Gasteiger partial charge in [-0.15, -0.1) is 11.3 Å². The third-order valence-corrected chi connectivity index (χ3v) is 8.73.